The smallest absolute Gasteiger partial charge is 0.238 e. The predicted molar refractivity (Wildman–Crippen MR) is 83.9 cm³/mol. The molecule has 7 heteroatoms. The zero-order valence-electron chi connectivity index (χ0n) is 11.5. The number of carbonyl (C=O) groups is 1. The molecular formula is C14H18Cl2N2O3. The molecule has 0 radical (unpaired) electrons. The van der Waals surface area contributed by atoms with Gasteiger partial charge in [0.05, 0.1) is 17.3 Å². The molecule has 1 aliphatic heterocycles. The Hall–Kier alpha value is -1.17. The van der Waals surface area contributed by atoms with E-state index in [1.165, 1.54) is 12.8 Å². The van der Waals surface area contributed by atoms with Gasteiger partial charge in [0.2, 0.25) is 5.91 Å². The number of hydrogen-bond acceptors (Lipinski definition) is 4. The summed E-state index contributed by atoms with van der Waals surface area (Å²) in [5.41, 5.74) is 0.550. The zero-order chi connectivity index (χ0) is 13.9. The number of anilines is 1. The van der Waals surface area contributed by atoms with Crippen molar-refractivity contribution in [3.63, 3.8) is 0 Å². The van der Waals surface area contributed by atoms with Gasteiger partial charge in [0.25, 0.3) is 0 Å². The summed E-state index contributed by atoms with van der Waals surface area (Å²) in [6.45, 7) is 2.22. The van der Waals surface area contributed by atoms with Gasteiger partial charge in [-0.05, 0) is 25.3 Å². The molecule has 1 aromatic carbocycles. The quantitative estimate of drug-likeness (QED) is 0.869. The maximum Gasteiger partial charge on any atom is 0.238 e. The van der Waals surface area contributed by atoms with Crippen molar-refractivity contribution in [2.45, 2.75) is 12.8 Å². The van der Waals surface area contributed by atoms with Crippen LogP contribution in [0.5, 0.6) is 11.5 Å². The van der Waals surface area contributed by atoms with Crippen LogP contribution in [-0.4, -0.2) is 32.2 Å². The number of carbonyl (C=O) groups excluding carboxylic acids is 1. The molecule has 1 saturated carbocycles. The van der Waals surface area contributed by atoms with Crippen LogP contribution in [-0.2, 0) is 4.79 Å². The molecule has 0 unspecified atom stereocenters. The number of halogens is 2. The lowest BCUT2D eigenvalue weighted by atomic mass is 10.2. The van der Waals surface area contributed by atoms with Crippen molar-refractivity contribution in [3.05, 3.63) is 17.2 Å². The maximum absolute atomic E-state index is 11.8. The summed E-state index contributed by atoms with van der Waals surface area (Å²) in [5.74, 6) is 1.87. The van der Waals surface area contributed by atoms with Gasteiger partial charge < -0.3 is 20.1 Å². The largest absolute Gasteiger partial charge is 0.486 e. The van der Waals surface area contributed by atoms with Crippen LogP contribution in [0.4, 0.5) is 5.69 Å². The van der Waals surface area contributed by atoms with Gasteiger partial charge in [-0.1, -0.05) is 11.6 Å². The Morgan fingerprint density at radius 1 is 1.24 bits per heavy atom. The lowest BCUT2D eigenvalue weighted by Crippen LogP contribution is -2.29. The fourth-order valence-corrected chi connectivity index (χ4v) is 2.27. The fraction of sp³-hybridized carbons (Fsp3) is 0.500. The Morgan fingerprint density at radius 3 is 2.57 bits per heavy atom. The second-order valence-electron chi connectivity index (χ2n) is 5.10. The Labute approximate surface area is 134 Å². The molecule has 1 aromatic rings. The van der Waals surface area contributed by atoms with Crippen LogP contribution in [0.15, 0.2) is 12.1 Å². The number of rotatable bonds is 5. The van der Waals surface area contributed by atoms with Crippen molar-refractivity contribution in [2.75, 3.05) is 31.6 Å². The first-order chi connectivity index (χ1) is 9.72. The zero-order valence-corrected chi connectivity index (χ0v) is 13.1. The van der Waals surface area contributed by atoms with Crippen molar-refractivity contribution in [1.29, 1.82) is 0 Å². The molecule has 1 heterocycles. The predicted octanol–water partition coefficient (Wildman–Crippen LogP) is 2.47. The van der Waals surface area contributed by atoms with Crippen LogP contribution in [0, 0.1) is 5.92 Å². The number of ether oxygens (including phenoxy) is 2. The third-order valence-corrected chi connectivity index (χ3v) is 3.63. The van der Waals surface area contributed by atoms with Crippen molar-refractivity contribution in [3.8, 4) is 11.5 Å². The third-order valence-electron chi connectivity index (χ3n) is 3.32. The fourth-order valence-electron chi connectivity index (χ4n) is 2.07. The normalized spacial score (nSPS) is 16.0. The molecule has 1 amide bonds. The molecule has 5 nitrogen and oxygen atoms in total. The molecule has 2 N–H and O–H groups in total. The van der Waals surface area contributed by atoms with E-state index < -0.39 is 0 Å². The van der Waals surface area contributed by atoms with E-state index >= 15 is 0 Å². The van der Waals surface area contributed by atoms with Crippen molar-refractivity contribution < 1.29 is 14.3 Å². The lowest BCUT2D eigenvalue weighted by Gasteiger charge is -2.20. The van der Waals surface area contributed by atoms with Crippen LogP contribution < -0.4 is 20.1 Å². The summed E-state index contributed by atoms with van der Waals surface area (Å²) in [7, 11) is 0. The maximum atomic E-state index is 11.8. The molecule has 0 atom stereocenters. The number of hydrogen-bond donors (Lipinski definition) is 2. The van der Waals surface area contributed by atoms with Crippen molar-refractivity contribution in [1.82, 2.24) is 5.32 Å². The number of nitrogens with one attached hydrogen (secondary N) is 2. The van der Waals surface area contributed by atoms with Gasteiger partial charge in [0.15, 0.2) is 11.5 Å². The Balaban J connectivity index is 0.00000161. The summed E-state index contributed by atoms with van der Waals surface area (Å²) >= 11 is 6.13. The monoisotopic (exact) mass is 332 g/mol. The Morgan fingerprint density at radius 2 is 1.90 bits per heavy atom. The minimum absolute atomic E-state index is 0. The minimum Gasteiger partial charge on any atom is -0.486 e. The number of benzene rings is 1. The van der Waals surface area contributed by atoms with E-state index in [1.807, 2.05) is 0 Å². The molecular weight excluding hydrogens is 315 g/mol. The third kappa shape index (κ3) is 4.40. The first kappa shape index (κ1) is 16.2. The summed E-state index contributed by atoms with van der Waals surface area (Å²) in [6, 6.07) is 3.37. The average molecular weight is 333 g/mol. The lowest BCUT2D eigenvalue weighted by molar-refractivity contribution is -0.115. The highest BCUT2D eigenvalue weighted by Gasteiger charge is 2.21. The van der Waals surface area contributed by atoms with Crippen LogP contribution in [0.2, 0.25) is 5.02 Å². The van der Waals surface area contributed by atoms with Gasteiger partial charge >= 0.3 is 0 Å². The van der Waals surface area contributed by atoms with Gasteiger partial charge in [0, 0.05) is 12.1 Å². The molecule has 1 aliphatic carbocycles. The summed E-state index contributed by atoms with van der Waals surface area (Å²) in [4.78, 5) is 11.8. The highest BCUT2D eigenvalue weighted by molar-refractivity contribution is 6.34. The highest BCUT2D eigenvalue weighted by Crippen LogP contribution is 2.37. The molecule has 0 spiro atoms. The second-order valence-corrected chi connectivity index (χ2v) is 5.51. The van der Waals surface area contributed by atoms with E-state index in [1.54, 1.807) is 12.1 Å². The van der Waals surface area contributed by atoms with Gasteiger partial charge in [-0.2, -0.15) is 0 Å². The summed E-state index contributed by atoms with van der Waals surface area (Å²) in [6.07, 6.45) is 2.53. The SMILES string of the molecule is Cl.O=C(CNCC1CC1)Nc1cc2c(cc1Cl)OCCO2. The number of amides is 1. The first-order valence-corrected chi connectivity index (χ1v) is 7.20. The van der Waals surface area contributed by atoms with Gasteiger partial charge in [-0.25, -0.2) is 0 Å². The summed E-state index contributed by atoms with van der Waals surface area (Å²) in [5, 5.41) is 6.37. The standard InChI is InChI=1S/C14H17ClN2O3.ClH/c15-10-5-12-13(20-4-3-19-12)6-11(10)17-14(18)8-16-7-9-1-2-9;/h5-6,9,16H,1-4,7-8H2,(H,17,18);1H. The molecule has 2 aliphatic rings. The average Bonchev–Trinajstić information content (AvgIpc) is 3.24. The highest BCUT2D eigenvalue weighted by atomic mass is 35.5. The van der Waals surface area contributed by atoms with Crippen molar-refractivity contribution in [2.24, 2.45) is 5.92 Å². The van der Waals surface area contributed by atoms with Crippen LogP contribution in [0.1, 0.15) is 12.8 Å². The molecule has 0 aromatic heterocycles. The van der Waals surface area contributed by atoms with Gasteiger partial charge in [-0.3, -0.25) is 4.79 Å². The number of fused-ring (bicyclic) bond motifs is 1. The Kier molecular flexibility index (Phi) is 5.56. The van der Waals surface area contributed by atoms with Crippen LogP contribution in [0.3, 0.4) is 0 Å². The molecule has 3 rings (SSSR count). The van der Waals surface area contributed by atoms with Crippen LogP contribution in [0.25, 0.3) is 0 Å². The van der Waals surface area contributed by atoms with Crippen LogP contribution >= 0.6 is 24.0 Å². The van der Waals surface area contributed by atoms with E-state index in [0.717, 1.165) is 12.5 Å². The minimum atomic E-state index is -0.107. The molecule has 116 valence electrons. The van der Waals surface area contributed by atoms with E-state index in [4.69, 9.17) is 21.1 Å². The van der Waals surface area contributed by atoms with E-state index in [0.29, 0.717) is 42.0 Å². The topological polar surface area (TPSA) is 59.6 Å². The summed E-state index contributed by atoms with van der Waals surface area (Å²) < 4.78 is 10.9. The Bertz CT molecular complexity index is 521. The molecule has 0 bridgehead atoms. The first-order valence-electron chi connectivity index (χ1n) is 6.82. The van der Waals surface area contributed by atoms with Crippen molar-refractivity contribution >= 4 is 35.6 Å². The molecule has 0 saturated heterocycles. The van der Waals surface area contributed by atoms with Gasteiger partial charge in [0.1, 0.15) is 13.2 Å². The van der Waals surface area contributed by atoms with Gasteiger partial charge in [-0.15, -0.1) is 12.4 Å². The second kappa shape index (κ2) is 7.20. The van der Waals surface area contributed by atoms with E-state index in [9.17, 15) is 4.79 Å². The van der Waals surface area contributed by atoms with E-state index in [2.05, 4.69) is 10.6 Å². The molecule has 1 fully saturated rings. The van der Waals surface area contributed by atoms with E-state index in [-0.39, 0.29) is 18.3 Å². The molecule has 21 heavy (non-hydrogen) atoms.